The van der Waals surface area contributed by atoms with Crippen LogP contribution in [0.1, 0.15) is 37.4 Å². The van der Waals surface area contributed by atoms with Gasteiger partial charge in [-0.05, 0) is 49.9 Å². The van der Waals surface area contributed by atoms with Gasteiger partial charge in [-0.15, -0.1) is 0 Å². The van der Waals surface area contributed by atoms with E-state index in [2.05, 4.69) is 20.5 Å². The molecule has 1 saturated carbocycles. The molecule has 2 amide bonds. The van der Waals surface area contributed by atoms with Crippen molar-refractivity contribution in [1.82, 2.24) is 20.1 Å². The number of benzene rings is 1. The molecule has 7 heteroatoms. The highest BCUT2D eigenvalue weighted by molar-refractivity contribution is 5.90. The van der Waals surface area contributed by atoms with Crippen molar-refractivity contribution in [1.29, 1.82) is 0 Å². The van der Waals surface area contributed by atoms with Crippen LogP contribution in [0.3, 0.4) is 0 Å². The van der Waals surface area contributed by atoms with Crippen molar-refractivity contribution >= 4 is 11.7 Å². The van der Waals surface area contributed by atoms with Crippen LogP contribution in [0.2, 0.25) is 0 Å². The van der Waals surface area contributed by atoms with Crippen LogP contribution in [0.25, 0.3) is 11.4 Å². The summed E-state index contributed by atoms with van der Waals surface area (Å²) in [7, 11) is 0. The van der Waals surface area contributed by atoms with Gasteiger partial charge in [0.15, 0.2) is 5.82 Å². The molecule has 1 saturated heterocycles. The second-order valence-electron chi connectivity index (χ2n) is 6.50. The summed E-state index contributed by atoms with van der Waals surface area (Å²) in [5.41, 5.74) is 1.65. The van der Waals surface area contributed by atoms with Gasteiger partial charge in [-0.25, -0.2) is 9.78 Å². The van der Waals surface area contributed by atoms with Crippen LogP contribution in [0, 0.1) is 0 Å². The molecule has 2 heterocycles. The summed E-state index contributed by atoms with van der Waals surface area (Å²) < 4.78 is 0. The zero-order valence-corrected chi connectivity index (χ0v) is 13.4. The van der Waals surface area contributed by atoms with Gasteiger partial charge < -0.3 is 15.3 Å². The molecule has 1 atom stereocenters. The maximum absolute atomic E-state index is 12.3. The Balaban J connectivity index is 1.42. The van der Waals surface area contributed by atoms with Crippen LogP contribution in [-0.2, 0) is 0 Å². The lowest BCUT2D eigenvalue weighted by Gasteiger charge is -2.23. The number of hydrogen-bond donors (Lipinski definition) is 3. The molecule has 2 fully saturated rings. The van der Waals surface area contributed by atoms with Gasteiger partial charge in [0.1, 0.15) is 5.82 Å². The van der Waals surface area contributed by atoms with Gasteiger partial charge >= 0.3 is 6.03 Å². The fourth-order valence-electron chi connectivity index (χ4n) is 3.13. The van der Waals surface area contributed by atoms with Crippen molar-refractivity contribution in [3.63, 3.8) is 0 Å². The average molecular weight is 327 g/mol. The number of aliphatic hydroxyl groups excluding tert-OH is 1. The van der Waals surface area contributed by atoms with Crippen molar-refractivity contribution < 1.29 is 9.90 Å². The van der Waals surface area contributed by atoms with E-state index in [0.717, 1.165) is 29.9 Å². The van der Waals surface area contributed by atoms with Crippen LogP contribution >= 0.6 is 0 Å². The molecule has 1 aliphatic carbocycles. The zero-order chi connectivity index (χ0) is 16.5. The molecule has 1 aromatic carbocycles. The Labute approximate surface area is 140 Å². The Morgan fingerprint density at radius 3 is 2.79 bits per heavy atom. The average Bonchev–Trinajstić information content (AvgIpc) is 3.14. The monoisotopic (exact) mass is 327 g/mol. The number of anilines is 1. The number of carbonyl (C=O) groups excluding carboxylic acids is 1. The quantitative estimate of drug-likeness (QED) is 0.803. The topological polar surface area (TPSA) is 94.1 Å². The van der Waals surface area contributed by atoms with Gasteiger partial charge in [0.05, 0.1) is 12.6 Å². The fraction of sp³-hybridized carbons (Fsp3) is 0.471. The molecule has 0 unspecified atom stereocenters. The molecule has 3 N–H and O–H groups in total. The van der Waals surface area contributed by atoms with Crippen LogP contribution in [-0.4, -0.2) is 50.4 Å². The number of nitrogens with zero attached hydrogens (tertiary/aromatic N) is 3. The lowest BCUT2D eigenvalue weighted by atomic mass is 10.2. The Kier molecular flexibility index (Phi) is 3.93. The molecular formula is C17H21N5O2. The molecule has 4 rings (SSSR count). The number of amides is 2. The Morgan fingerprint density at radius 2 is 2.08 bits per heavy atom. The molecule has 1 aliphatic heterocycles. The second-order valence-corrected chi connectivity index (χ2v) is 6.50. The first-order valence-electron chi connectivity index (χ1n) is 8.46. The van der Waals surface area contributed by atoms with Crippen molar-refractivity contribution in [2.24, 2.45) is 0 Å². The predicted molar refractivity (Wildman–Crippen MR) is 89.6 cm³/mol. The highest BCUT2D eigenvalue weighted by atomic mass is 16.3. The van der Waals surface area contributed by atoms with E-state index >= 15 is 0 Å². The Morgan fingerprint density at radius 1 is 1.29 bits per heavy atom. The van der Waals surface area contributed by atoms with E-state index in [-0.39, 0.29) is 18.7 Å². The first-order valence-corrected chi connectivity index (χ1v) is 8.46. The Hall–Kier alpha value is -2.41. The van der Waals surface area contributed by atoms with Gasteiger partial charge in [0.2, 0.25) is 0 Å². The van der Waals surface area contributed by atoms with Crippen LogP contribution in [0.4, 0.5) is 10.5 Å². The summed E-state index contributed by atoms with van der Waals surface area (Å²) in [5, 5.41) is 19.5. The van der Waals surface area contributed by atoms with E-state index < -0.39 is 0 Å². The summed E-state index contributed by atoms with van der Waals surface area (Å²) in [4.78, 5) is 18.5. The SMILES string of the molecule is O=C(Nc1ccc(-c2n[nH]c(C3CC3)n2)cc1)N1CCC[C@H]1CO. The molecule has 7 nitrogen and oxygen atoms in total. The van der Waals surface area contributed by atoms with Crippen LogP contribution in [0.5, 0.6) is 0 Å². The number of aromatic amines is 1. The van der Waals surface area contributed by atoms with E-state index in [1.165, 1.54) is 12.8 Å². The normalized spacial score (nSPS) is 20.4. The Bertz CT molecular complexity index is 723. The summed E-state index contributed by atoms with van der Waals surface area (Å²) in [6.07, 6.45) is 4.17. The number of urea groups is 1. The van der Waals surface area contributed by atoms with E-state index in [9.17, 15) is 9.90 Å². The lowest BCUT2D eigenvalue weighted by Crippen LogP contribution is -2.40. The number of rotatable bonds is 4. The van der Waals surface area contributed by atoms with Gasteiger partial charge in [0.25, 0.3) is 0 Å². The van der Waals surface area contributed by atoms with E-state index in [0.29, 0.717) is 18.3 Å². The largest absolute Gasteiger partial charge is 0.394 e. The van der Waals surface area contributed by atoms with Gasteiger partial charge in [-0.1, -0.05) is 0 Å². The summed E-state index contributed by atoms with van der Waals surface area (Å²) in [6.45, 7) is 0.705. The van der Waals surface area contributed by atoms with Crippen LogP contribution < -0.4 is 5.32 Å². The number of nitrogens with one attached hydrogen (secondary N) is 2. The molecule has 24 heavy (non-hydrogen) atoms. The number of H-pyrrole nitrogens is 1. The maximum Gasteiger partial charge on any atom is 0.322 e. The van der Waals surface area contributed by atoms with Gasteiger partial charge in [-0.3, -0.25) is 5.10 Å². The smallest absolute Gasteiger partial charge is 0.322 e. The minimum atomic E-state index is -0.159. The van der Waals surface area contributed by atoms with Crippen molar-refractivity contribution in [3.8, 4) is 11.4 Å². The van der Waals surface area contributed by atoms with Crippen LogP contribution in [0.15, 0.2) is 24.3 Å². The molecule has 2 aromatic rings. The third kappa shape index (κ3) is 2.99. The van der Waals surface area contributed by atoms with E-state index in [1.807, 2.05) is 24.3 Å². The first-order chi connectivity index (χ1) is 11.7. The number of aromatic nitrogens is 3. The highest BCUT2D eigenvalue weighted by Gasteiger charge is 2.28. The third-order valence-electron chi connectivity index (χ3n) is 4.71. The second kappa shape index (κ2) is 6.24. The van der Waals surface area contributed by atoms with Gasteiger partial charge in [0, 0.05) is 23.7 Å². The van der Waals surface area contributed by atoms with Crippen molar-refractivity contribution in [2.75, 3.05) is 18.5 Å². The first kappa shape index (κ1) is 15.1. The number of hydrogen-bond acceptors (Lipinski definition) is 4. The summed E-state index contributed by atoms with van der Waals surface area (Å²) in [6, 6.07) is 7.28. The zero-order valence-electron chi connectivity index (χ0n) is 13.4. The molecule has 126 valence electrons. The summed E-state index contributed by atoms with van der Waals surface area (Å²) >= 11 is 0. The molecule has 0 spiro atoms. The molecular weight excluding hydrogens is 306 g/mol. The van der Waals surface area contributed by atoms with E-state index in [4.69, 9.17) is 0 Å². The molecule has 2 aliphatic rings. The highest BCUT2D eigenvalue weighted by Crippen LogP contribution is 2.38. The minimum Gasteiger partial charge on any atom is -0.394 e. The molecule has 0 bridgehead atoms. The van der Waals surface area contributed by atoms with E-state index in [1.54, 1.807) is 4.90 Å². The number of aliphatic hydroxyl groups is 1. The minimum absolute atomic E-state index is 0.0144. The lowest BCUT2D eigenvalue weighted by molar-refractivity contribution is 0.166. The third-order valence-corrected chi connectivity index (χ3v) is 4.71. The van der Waals surface area contributed by atoms with Gasteiger partial charge in [-0.2, -0.15) is 5.10 Å². The number of carbonyl (C=O) groups is 1. The maximum atomic E-state index is 12.3. The van der Waals surface area contributed by atoms with Crippen molar-refractivity contribution in [3.05, 3.63) is 30.1 Å². The molecule has 1 aromatic heterocycles. The molecule has 0 radical (unpaired) electrons. The predicted octanol–water partition coefficient (Wildman–Crippen LogP) is 2.34. The standard InChI is InChI=1S/C17H21N5O2/c23-10-14-2-1-9-22(14)17(24)18-13-7-5-12(6-8-13)16-19-15(20-21-16)11-3-4-11/h5-8,11,14,23H,1-4,9-10H2,(H,18,24)(H,19,20,21)/t14-/m0/s1. The fourth-order valence-corrected chi connectivity index (χ4v) is 3.13. The number of likely N-dealkylation sites (tertiary alicyclic amines) is 1. The van der Waals surface area contributed by atoms with Crippen molar-refractivity contribution in [2.45, 2.75) is 37.6 Å². The summed E-state index contributed by atoms with van der Waals surface area (Å²) in [5.74, 6) is 2.20.